The lowest BCUT2D eigenvalue weighted by molar-refractivity contribution is -0.140. The van der Waals surface area contributed by atoms with Gasteiger partial charge in [-0.15, -0.1) is 0 Å². The van der Waals surface area contributed by atoms with Crippen LogP contribution in [0.15, 0.2) is 53.6 Å². The van der Waals surface area contributed by atoms with Gasteiger partial charge in [-0.3, -0.25) is 10.2 Å². The average molecular weight is 423 g/mol. The van der Waals surface area contributed by atoms with Crippen molar-refractivity contribution >= 4 is 17.8 Å². The summed E-state index contributed by atoms with van der Waals surface area (Å²) in [5, 5.41) is 11.9. The number of nitrogens with two attached hydrogens (primary N) is 1. The third-order valence-electron chi connectivity index (χ3n) is 4.67. The van der Waals surface area contributed by atoms with Crippen molar-refractivity contribution in [3.05, 3.63) is 76.0 Å². The van der Waals surface area contributed by atoms with E-state index in [0.717, 1.165) is 10.2 Å². The number of rotatable bonds is 7. The van der Waals surface area contributed by atoms with Gasteiger partial charge in [0.2, 0.25) is 0 Å². The Morgan fingerprint density at radius 2 is 1.81 bits per heavy atom. The molecule has 0 unspecified atom stereocenters. The van der Waals surface area contributed by atoms with Gasteiger partial charge in [-0.05, 0) is 42.3 Å². The molecule has 10 nitrogen and oxygen atoms in total. The van der Waals surface area contributed by atoms with Crippen molar-refractivity contribution in [2.24, 2.45) is 5.73 Å². The molecule has 0 aliphatic heterocycles. The highest BCUT2D eigenvalue weighted by Gasteiger charge is 2.17. The minimum atomic E-state index is -0.584. The molecule has 0 radical (unpaired) electrons. The topological polar surface area (TPSA) is 142 Å². The van der Waals surface area contributed by atoms with Gasteiger partial charge in [0, 0.05) is 12.0 Å². The number of aromatic nitrogens is 3. The highest BCUT2D eigenvalue weighted by molar-refractivity contribution is 6.01. The Morgan fingerprint density at radius 1 is 1.10 bits per heavy atom. The van der Waals surface area contributed by atoms with Crippen LogP contribution in [0, 0.1) is 5.41 Å². The Balaban J connectivity index is 1.93. The quantitative estimate of drug-likeness (QED) is 0.330. The molecule has 31 heavy (non-hydrogen) atoms. The number of nitrogens with one attached hydrogen (secondary N) is 1. The Labute approximate surface area is 177 Å². The van der Waals surface area contributed by atoms with Crippen molar-refractivity contribution in [1.82, 2.24) is 14.3 Å². The Hall–Kier alpha value is -4.21. The molecule has 0 fully saturated rings. The van der Waals surface area contributed by atoms with Crippen LogP contribution < -0.4 is 11.4 Å². The number of esters is 2. The molecule has 3 rings (SSSR count). The molecule has 3 N–H and O–H groups in total. The summed E-state index contributed by atoms with van der Waals surface area (Å²) in [5.74, 6) is -1.20. The second-order valence-corrected chi connectivity index (χ2v) is 6.58. The first-order chi connectivity index (χ1) is 14.8. The second-order valence-electron chi connectivity index (χ2n) is 6.58. The Kier molecular flexibility index (Phi) is 6.29. The fraction of sp³-hybridized carbons (Fsp3) is 0.190. The first-order valence-corrected chi connectivity index (χ1v) is 9.25. The van der Waals surface area contributed by atoms with E-state index in [4.69, 9.17) is 11.1 Å². The number of ether oxygens (including phenoxy) is 2. The van der Waals surface area contributed by atoms with Crippen molar-refractivity contribution < 1.29 is 19.1 Å². The second kappa shape index (κ2) is 9.08. The largest absolute Gasteiger partial charge is 0.469 e. The van der Waals surface area contributed by atoms with Gasteiger partial charge in [-0.2, -0.15) is 9.78 Å². The van der Waals surface area contributed by atoms with Crippen LogP contribution in [-0.2, 0) is 20.7 Å². The van der Waals surface area contributed by atoms with Gasteiger partial charge in [0.1, 0.15) is 12.2 Å². The molecule has 0 aliphatic rings. The Morgan fingerprint density at radius 3 is 2.42 bits per heavy atom. The van der Waals surface area contributed by atoms with Gasteiger partial charge < -0.3 is 15.2 Å². The van der Waals surface area contributed by atoms with E-state index < -0.39 is 11.7 Å². The number of nitrogen functional groups attached to an aromatic ring is 1. The van der Waals surface area contributed by atoms with E-state index in [0.29, 0.717) is 12.1 Å². The number of carbonyl (C=O) groups excluding carboxylic acids is 2. The minimum Gasteiger partial charge on any atom is -0.469 e. The van der Waals surface area contributed by atoms with Crippen molar-refractivity contribution in [2.75, 3.05) is 14.2 Å². The molecule has 0 saturated carbocycles. The summed E-state index contributed by atoms with van der Waals surface area (Å²) in [4.78, 5) is 36.0. The first-order valence-electron chi connectivity index (χ1n) is 9.25. The van der Waals surface area contributed by atoms with Crippen LogP contribution in [0.5, 0.6) is 0 Å². The molecule has 0 bridgehead atoms. The third-order valence-corrected chi connectivity index (χ3v) is 4.67. The van der Waals surface area contributed by atoms with E-state index in [1.807, 2.05) is 12.1 Å². The lowest BCUT2D eigenvalue weighted by atomic mass is 10.1. The molecule has 160 valence electrons. The molecule has 1 heterocycles. The molecule has 10 heteroatoms. The maximum atomic E-state index is 13.0. The summed E-state index contributed by atoms with van der Waals surface area (Å²) in [6.07, 6.45) is 2.14. The van der Waals surface area contributed by atoms with Gasteiger partial charge >= 0.3 is 17.6 Å². The molecule has 2 aromatic carbocycles. The van der Waals surface area contributed by atoms with Crippen LogP contribution in [0.25, 0.3) is 11.4 Å². The number of amidine groups is 1. The van der Waals surface area contributed by atoms with E-state index in [2.05, 4.69) is 14.6 Å². The lowest BCUT2D eigenvalue weighted by Gasteiger charge is -2.09. The van der Waals surface area contributed by atoms with Crippen LogP contribution in [0.1, 0.15) is 27.9 Å². The normalized spacial score (nSPS) is 10.5. The zero-order chi connectivity index (χ0) is 22.5. The molecule has 0 spiro atoms. The number of methoxy groups -OCH3 is 2. The maximum Gasteiger partial charge on any atom is 0.355 e. The lowest BCUT2D eigenvalue weighted by Crippen LogP contribution is -2.25. The van der Waals surface area contributed by atoms with E-state index in [-0.39, 0.29) is 35.0 Å². The van der Waals surface area contributed by atoms with Crippen LogP contribution >= 0.6 is 0 Å². The van der Waals surface area contributed by atoms with E-state index >= 15 is 0 Å². The molecule has 0 saturated heterocycles. The predicted octanol–water partition coefficient (Wildman–Crippen LogP) is 1.20. The molecule has 3 aromatic rings. The molecule has 0 atom stereocenters. The molecular weight excluding hydrogens is 402 g/mol. The highest BCUT2D eigenvalue weighted by Crippen LogP contribution is 2.16. The summed E-state index contributed by atoms with van der Waals surface area (Å²) in [7, 11) is 2.59. The smallest absolute Gasteiger partial charge is 0.355 e. The van der Waals surface area contributed by atoms with Crippen molar-refractivity contribution in [3.8, 4) is 11.4 Å². The number of benzene rings is 2. The van der Waals surface area contributed by atoms with Gasteiger partial charge in [-0.25, -0.2) is 14.2 Å². The zero-order valence-corrected chi connectivity index (χ0v) is 17.0. The average Bonchev–Trinajstić information content (AvgIpc) is 3.17. The zero-order valence-electron chi connectivity index (χ0n) is 17.0. The van der Waals surface area contributed by atoms with Crippen molar-refractivity contribution in [1.29, 1.82) is 5.41 Å². The first kappa shape index (κ1) is 21.5. The molecule has 0 amide bonds. The van der Waals surface area contributed by atoms with E-state index in [1.54, 1.807) is 12.1 Å². The van der Waals surface area contributed by atoms with Gasteiger partial charge in [0.05, 0.1) is 31.2 Å². The summed E-state index contributed by atoms with van der Waals surface area (Å²) in [6.45, 7) is 0. The van der Waals surface area contributed by atoms with Crippen LogP contribution in [0.4, 0.5) is 0 Å². The number of carbonyl (C=O) groups is 2. The summed E-state index contributed by atoms with van der Waals surface area (Å²) < 4.78 is 11.8. The van der Waals surface area contributed by atoms with Gasteiger partial charge in [0.25, 0.3) is 0 Å². The fourth-order valence-electron chi connectivity index (χ4n) is 3.00. The predicted molar refractivity (Wildman–Crippen MR) is 112 cm³/mol. The minimum absolute atomic E-state index is 0.174. The number of nitrogens with zero attached hydrogens (tertiary/aromatic N) is 3. The summed E-state index contributed by atoms with van der Waals surface area (Å²) in [5.41, 5.74) is 7.32. The monoisotopic (exact) mass is 423 g/mol. The van der Waals surface area contributed by atoms with Gasteiger partial charge in [-0.1, -0.05) is 12.1 Å². The summed E-state index contributed by atoms with van der Waals surface area (Å²) in [6, 6.07) is 11.4. The summed E-state index contributed by atoms with van der Waals surface area (Å²) >= 11 is 0. The maximum absolute atomic E-state index is 13.0. The fourth-order valence-corrected chi connectivity index (χ4v) is 3.00. The third kappa shape index (κ3) is 4.53. The Bertz CT molecular complexity index is 1190. The van der Waals surface area contributed by atoms with Crippen molar-refractivity contribution in [3.63, 3.8) is 0 Å². The van der Waals surface area contributed by atoms with E-state index in [1.165, 1.54) is 43.3 Å². The standard InChI is InChI=1S/C21H21N5O5/c1-30-18(27)10-5-13-3-7-15(8-4-13)25-12-24-26(21(25)29)17-9-6-14(20(28)31-2)11-16(17)19(22)23/h3-4,6-9,11-12H,5,10H2,1-2H3,(H3,22,23). The number of hydrogen-bond acceptors (Lipinski definition) is 7. The van der Waals surface area contributed by atoms with E-state index in [9.17, 15) is 14.4 Å². The number of hydrogen-bond donors (Lipinski definition) is 2. The van der Waals surface area contributed by atoms with Crippen LogP contribution in [-0.4, -0.2) is 46.3 Å². The molecule has 0 aliphatic carbocycles. The molecule has 1 aromatic heterocycles. The SMILES string of the molecule is COC(=O)CCc1ccc(-n2cnn(-c3ccc(C(=O)OC)cc3C(=N)N)c2=O)cc1. The molecular formula is C21H21N5O5. The van der Waals surface area contributed by atoms with Crippen LogP contribution in [0.3, 0.4) is 0 Å². The number of aryl methyl sites for hydroxylation is 1. The van der Waals surface area contributed by atoms with Crippen LogP contribution in [0.2, 0.25) is 0 Å². The highest BCUT2D eigenvalue weighted by atomic mass is 16.5. The van der Waals surface area contributed by atoms with Gasteiger partial charge in [0.15, 0.2) is 0 Å². The van der Waals surface area contributed by atoms with Crippen molar-refractivity contribution in [2.45, 2.75) is 12.8 Å².